The van der Waals surface area contributed by atoms with Gasteiger partial charge < -0.3 is 20.4 Å². The molecule has 11 heteroatoms. The van der Waals surface area contributed by atoms with Crippen molar-refractivity contribution < 1.29 is 14.0 Å². The number of anilines is 3. The maximum absolute atomic E-state index is 15.0. The SMILES string of the molecule is CN(C)C(=O)c1cc2cnc(Nc3ccc(N4CCNCC4)c(F)c3)nc2n(C2CC(=O)c3ccccc3C2)c1=O. The van der Waals surface area contributed by atoms with Crippen LogP contribution in [-0.2, 0) is 6.42 Å². The van der Waals surface area contributed by atoms with Crippen LogP contribution in [0.25, 0.3) is 11.0 Å². The van der Waals surface area contributed by atoms with E-state index < -0.39 is 17.5 Å². The fraction of sp³-hybridized carbons (Fsp3) is 0.300. The Kier molecular flexibility index (Phi) is 6.96. The molecule has 0 radical (unpaired) electrons. The number of fused-ring (bicyclic) bond motifs is 2. The van der Waals surface area contributed by atoms with Crippen LogP contribution in [0.4, 0.5) is 21.7 Å². The zero-order valence-electron chi connectivity index (χ0n) is 22.9. The number of hydrogen-bond donors (Lipinski definition) is 2. The highest BCUT2D eigenvalue weighted by Gasteiger charge is 2.30. The number of carbonyl (C=O) groups is 2. The number of nitrogens with zero attached hydrogens (tertiary/aromatic N) is 5. The quantitative estimate of drug-likeness (QED) is 0.386. The Labute approximate surface area is 235 Å². The van der Waals surface area contributed by atoms with Gasteiger partial charge >= 0.3 is 0 Å². The van der Waals surface area contributed by atoms with Crippen molar-refractivity contribution in [2.24, 2.45) is 0 Å². The van der Waals surface area contributed by atoms with Gasteiger partial charge in [0.25, 0.3) is 11.5 Å². The summed E-state index contributed by atoms with van der Waals surface area (Å²) in [6.45, 7) is 3.04. The molecule has 1 unspecified atom stereocenters. The molecule has 0 saturated carbocycles. The van der Waals surface area contributed by atoms with E-state index in [0.29, 0.717) is 28.7 Å². The maximum Gasteiger partial charge on any atom is 0.265 e. The molecule has 10 nitrogen and oxygen atoms in total. The predicted octanol–water partition coefficient (Wildman–Crippen LogP) is 3.16. The van der Waals surface area contributed by atoms with Crippen LogP contribution in [0, 0.1) is 5.82 Å². The second kappa shape index (κ2) is 10.7. The molecule has 41 heavy (non-hydrogen) atoms. The maximum atomic E-state index is 15.0. The van der Waals surface area contributed by atoms with Crippen LogP contribution < -0.4 is 21.1 Å². The third-order valence-electron chi connectivity index (χ3n) is 7.63. The number of carbonyl (C=O) groups excluding carboxylic acids is 2. The molecule has 6 rings (SSSR count). The van der Waals surface area contributed by atoms with Crippen LogP contribution >= 0.6 is 0 Å². The summed E-state index contributed by atoms with van der Waals surface area (Å²) in [4.78, 5) is 52.2. The van der Waals surface area contributed by atoms with Crippen molar-refractivity contribution in [2.75, 3.05) is 50.5 Å². The molecule has 0 bridgehead atoms. The van der Waals surface area contributed by atoms with Gasteiger partial charge in [-0.3, -0.25) is 19.0 Å². The van der Waals surface area contributed by atoms with E-state index in [-0.39, 0.29) is 35.2 Å². The van der Waals surface area contributed by atoms with E-state index in [1.807, 2.05) is 23.1 Å². The van der Waals surface area contributed by atoms with Crippen LogP contribution in [0.15, 0.2) is 59.5 Å². The van der Waals surface area contributed by atoms with Crippen LogP contribution in [0.3, 0.4) is 0 Å². The standard InChI is InChI=1S/C30H30FN7O3/c1-36(2)28(40)23-14-19-17-33-30(34-20-7-8-25(24(31)15-20)37-11-9-32-10-12-37)35-27(19)38(29(23)41)21-13-18-5-3-4-6-22(18)26(39)16-21/h3-8,14-15,17,21,32H,9-13,16H2,1-2H3,(H,33,34,35). The average Bonchev–Trinajstić information content (AvgIpc) is 2.97. The number of benzene rings is 2. The largest absolute Gasteiger partial charge is 0.367 e. The highest BCUT2D eigenvalue weighted by molar-refractivity contribution is 5.99. The molecule has 1 saturated heterocycles. The van der Waals surface area contributed by atoms with Crippen molar-refractivity contribution in [1.82, 2.24) is 24.8 Å². The number of ketones is 1. The summed E-state index contributed by atoms with van der Waals surface area (Å²) in [7, 11) is 3.15. The summed E-state index contributed by atoms with van der Waals surface area (Å²) < 4.78 is 16.5. The number of pyridine rings is 1. The summed E-state index contributed by atoms with van der Waals surface area (Å²) in [6.07, 6.45) is 2.05. The lowest BCUT2D eigenvalue weighted by molar-refractivity contribution is 0.0825. The smallest absolute Gasteiger partial charge is 0.265 e. The number of rotatable bonds is 5. The molecule has 1 fully saturated rings. The normalized spacial score (nSPS) is 16.9. The first-order valence-corrected chi connectivity index (χ1v) is 13.6. The number of halogens is 1. The molecule has 2 aliphatic rings. The minimum Gasteiger partial charge on any atom is -0.367 e. The molecule has 2 aromatic carbocycles. The molecular weight excluding hydrogens is 525 g/mol. The molecule has 2 N–H and O–H groups in total. The summed E-state index contributed by atoms with van der Waals surface area (Å²) in [6, 6.07) is 13.2. The van der Waals surface area contributed by atoms with Crippen molar-refractivity contribution in [3.05, 3.63) is 87.6 Å². The fourth-order valence-electron chi connectivity index (χ4n) is 5.59. The predicted molar refractivity (Wildman–Crippen MR) is 155 cm³/mol. The first-order chi connectivity index (χ1) is 19.8. The summed E-state index contributed by atoms with van der Waals surface area (Å²) >= 11 is 0. The molecule has 3 heterocycles. The minimum atomic E-state index is -0.541. The first kappa shape index (κ1) is 26.6. The van der Waals surface area contributed by atoms with Crippen LogP contribution in [-0.4, -0.2) is 71.4 Å². The lowest BCUT2D eigenvalue weighted by Gasteiger charge is -2.29. The Morgan fingerprint density at radius 1 is 1.07 bits per heavy atom. The van der Waals surface area contributed by atoms with Gasteiger partial charge in [0.05, 0.1) is 11.7 Å². The summed E-state index contributed by atoms with van der Waals surface area (Å²) in [5.74, 6) is -0.723. The first-order valence-electron chi connectivity index (χ1n) is 13.6. The number of aromatic nitrogens is 3. The number of amides is 1. The zero-order valence-corrected chi connectivity index (χ0v) is 22.9. The van der Waals surface area contributed by atoms with E-state index in [0.717, 1.165) is 31.7 Å². The van der Waals surface area contributed by atoms with Gasteiger partial charge in [0.1, 0.15) is 17.0 Å². The van der Waals surface area contributed by atoms with Gasteiger partial charge in [-0.15, -0.1) is 0 Å². The Balaban J connectivity index is 1.41. The Morgan fingerprint density at radius 2 is 1.85 bits per heavy atom. The average molecular weight is 556 g/mol. The highest BCUT2D eigenvalue weighted by Crippen LogP contribution is 2.31. The Bertz CT molecular complexity index is 1730. The van der Waals surface area contributed by atoms with Gasteiger partial charge in [-0.1, -0.05) is 24.3 Å². The molecule has 1 atom stereocenters. The van der Waals surface area contributed by atoms with Gasteiger partial charge in [-0.2, -0.15) is 4.98 Å². The lowest BCUT2D eigenvalue weighted by Crippen LogP contribution is -2.43. The second-order valence-corrected chi connectivity index (χ2v) is 10.6. The highest BCUT2D eigenvalue weighted by atomic mass is 19.1. The molecule has 1 amide bonds. The van der Waals surface area contributed by atoms with E-state index in [2.05, 4.69) is 20.6 Å². The molecule has 2 aromatic heterocycles. The van der Waals surface area contributed by atoms with Gasteiger partial charge in [0.15, 0.2) is 5.78 Å². The molecular formula is C30H30FN7O3. The second-order valence-electron chi connectivity index (χ2n) is 10.6. The third kappa shape index (κ3) is 5.04. The van der Waals surface area contributed by atoms with Crippen molar-refractivity contribution in [3.8, 4) is 0 Å². The van der Waals surface area contributed by atoms with E-state index >= 15 is 4.39 Å². The van der Waals surface area contributed by atoms with E-state index in [1.54, 1.807) is 32.3 Å². The van der Waals surface area contributed by atoms with Gasteiger partial charge in [-0.05, 0) is 36.2 Å². The van der Waals surface area contributed by atoms with E-state index in [1.165, 1.54) is 27.8 Å². The van der Waals surface area contributed by atoms with Gasteiger partial charge in [0, 0.05) is 69.5 Å². The van der Waals surface area contributed by atoms with E-state index in [9.17, 15) is 14.4 Å². The van der Waals surface area contributed by atoms with Crippen molar-refractivity contribution in [1.29, 1.82) is 0 Å². The van der Waals surface area contributed by atoms with E-state index in [4.69, 9.17) is 0 Å². The summed E-state index contributed by atoms with van der Waals surface area (Å²) in [5.41, 5.74) is 2.21. The third-order valence-corrected chi connectivity index (χ3v) is 7.63. The zero-order chi connectivity index (χ0) is 28.7. The van der Waals surface area contributed by atoms with Crippen LogP contribution in [0.2, 0.25) is 0 Å². The van der Waals surface area contributed by atoms with Gasteiger partial charge in [-0.25, -0.2) is 9.37 Å². The van der Waals surface area contributed by atoms with Crippen molar-refractivity contribution >= 4 is 40.0 Å². The van der Waals surface area contributed by atoms with Crippen LogP contribution in [0.1, 0.15) is 38.7 Å². The topological polar surface area (TPSA) is 112 Å². The monoisotopic (exact) mass is 555 g/mol. The lowest BCUT2D eigenvalue weighted by atomic mass is 9.87. The van der Waals surface area contributed by atoms with Gasteiger partial charge in [0.2, 0.25) is 5.95 Å². The molecule has 4 aromatic rings. The molecule has 1 aliphatic carbocycles. The Hall–Kier alpha value is -4.64. The summed E-state index contributed by atoms with van der Waals surface area (Å²) in [5, 5.41) is 6.78. The molecule has 1 aliphatic heterocycles. The number of Topliss-reactive ketones (excluding diaryl/α,β-unsaturated/α-hetero) is 1. The number of piperazine rings is 1. The number of hydrogen-bond acceptors (Lipinski definition) is 8. The van der Waals surface area contributed by atoms with Crippen molar-refractivity contribution in [2.45, 2.75) is 18.9 Å². The minimum absolute atomic E-state index is 0.0244. The fourth-order valence-corrected chi connectivity index (χ4v) is 5.59. The van der Waals surface area contributed by atoms with Crippen LogP contribution in [0.5, 0.6) is 0 Å². The number of nitrogens with one attached hydrogen (secondary N) is 2. The Morgan fingerprint density at radius 3 is 2.61 bits per heavy atom. The van der Waals surface area contributed by atoms with Crippen molar-refractivity contribution in [3.63, 3.8) is 0 Å². The molecule has 0 spiro atoms. The molecule has 210 valence electrons.